The van der Waals surface area contributed by atoms with Gasteiger partial charge < -0.3 is 4.74 Å². The van der Waals surface area contributed by atoms with E-state index in [0.717, 1.165) is 0 Å². The van der Waals surface area contributed by atoms with Crippen LogP contribution in [-0.2, 0) is 9.53 Å². The molecular formula is C16H8Cl2FNO2. The number of cyclic esters (lactones) is 1. The van der Waals surface area contributed by atoms with Gasteiger partial charge in [0.15, 0.2) is 5.70 Å². The van der Waals surface area contributed by atoms with Crippen molar-refractivity contribution in [2.75, 3.05) is 0 Å². The SMILES string of the molecule is O=C1OC(c2ccc(Cl)cc2Cl)=N/C1=C\c1ccc(F)cc1. The smallest absolute Gasteiger partial charge is 0.363 e. The third kappa shape index (κ3) is 3.03. The molecule has 22 heavy (non-hydrogen) atoms. The molecule has 0 bridgehead atoms. The molecule has 0 spiro atoms. The molecular weight excluding hydrogens is 328 g/mol. The number of hydrogen-bond acceptors (Lipinski definition) is 3. The molecule has 2 aromatic carbocycles. The van der Waals surface area contributed by atoms with Crippen LogP contribution in [0.5, 0.6) is 0 Å². The number of rotatable bonds is 2. The summed E-state index contributed by atoms with van der Waals surface area (Å²) in [7, 11) is 0. The van der Waals surface area contributed by atoms with Crippen molar-refractivity contribution in [2.45, 2.75) is 0 Å². The Morgan fingerprint density at radius 1 is 1.09 bits per heavy atom. The van der Waals surface area contributed by atoms with Gasteiger partial charge in [0.1, 0.15) is 5.82 Å². The number of aliphatic imine (C=N–C) groups is 1. The van der Waals surface area contributed by atoms with Crippen molar-refractivity contribution in [1.82, 2.24) is 0 Å². The van der Waals surface area contributed by atoms with Gasteiger partial charge in [0.05, 0.1) is 10.6 Å². The number of carbonyl (C=O) groups excluding carboxylic acids is 1. The number of benzene rings is 2. The molecule has 110 valence electrons. The first-order valence-corrected chi connectivity index (χ1v) is 7.02. The first-order valence-electron chi connectivity index (χ1n) is 6.26. The fraction of sp³-hybridized carbons (Fsp3) is 0. The van der Waals surface area contributed by atoms with E-state index in [-0.39, 0.29) is 17.4 Å². The molecule has 1 aliphatic rings. The summed E-state index contributed by atoms with van der Waals surface area (Å²) in [5, 5.41) is 0.808. The minimum absolute atomic E-state index is 0.111. The number of halogens is 3. The molecule has 0 saturated heterocycles. The van der Waals surface area contributed by atoms with Crippen molar-refractivity contribution < 1.29 is 13.9 Å². The Bertz CT molecular complexity index is 813. The molecule has 0 aromatic heterocycles. The highest BCUT2D eigenvalue weighted by atomic mass is 35.5. The maximum Gasteiger partial charge on any atom is 0.363 e. The molecule has 3 nitrogen and oxygen atoms in total. The van der Waals surface area contributed by atoms with Crippen molar-refractivity contribution in [3.63, 3.8) is 0 Å². The third-order valence-electron chi connectivity index (χ3n) is 2.96. The van der Waals surface area contributed by atoms with E-state index >= 15 is 0 Å². The lowest BCUT2D eigenvalue weighted by Crippen LogP contribution is -2.05. The van der Waals surface area contributed by atoms with E-state index in [2.05, 4.69) is 4.99 Å². The topological polar surface area (TPSA) is 38.7 Å². The van der Waals surface area contributed by atoms with Gasteiger partial charge in [-0.05, 0) is 42.0 Å². The van der Waals surface area contributed by atoms with E-state index in [1.165, 1.54) is 24.3 Å². The van der Waals surface area contributed by atoms with E-state index in [4.69, 9.17) is 27.9 Å². The Morgan fingerprint density at radius 3 is 2.50 bits per heavy atom. The maximum atomic E-state index is 12.9. The summed E-state index contributed by atoms with van der Waals surface area (Å²) < 4.78 is 18.0. The highest BCUT2D eigenvalue weighted by Gasteiger charge is 2.25. The number of hydrogen-bond donors (Lipinski definition) is 0. The minimum atomic E-state index is -0.592. The molecule has 0 fully saturated rings. The Hall–Kier alpha value is -2.17. The quantitative estimate of drug-likeness (QED) is 0.599. The summed E-state index contributed by atoms with van der Waals surface area (Å²) in [5.74, 6) is -0.835. The molecule has 0 aliphatic carbocycles. The second-order valence-corrected chi connectivity index (χ2v) is 5.36. The molecule has 0 radical (unpaired) electrons. The van der Waals surface area contributed by atoms with Gasteiger partial charge in [-0.1, -0.05) is 35.3 Å². The van der Waals surface area contributed by atoms with Gasteiger partial charge in [0.2, 0.25) is 5.90 Å². The van der Waals surface area contributed by atoms with Crippen molar-refractivity contribution >= 4 is 41.1 Å². The predicted octanol–water partition coefficient (Wildman–Crippen LogP) is 4.48. The van der Waals surface area contributed by atoms with E-state index in [0.29, 0.717) is 21.2 Å². The average molecular weight is 336 g/mol. The van der Waals surface area contributed by atoms with Crippen LogP contribution in [0, 0.1) is 5.82 Å². The van der Waals surface area contributed by atoms with Crippen LogP contribution < -0.4 is 0 Å². The normalized spacial score (nSPS) is 15.9. The lowest BCUT2D eigenvalue weighted by molar-refractivity contribution is -0.129. The fourth-order valence-electron chi connectivity index (χ4n) is 1.90. The van der Waals surface area contributed by atoms with Crippen LogP contribution in [0.2, 0.25) is 10.0 Å². The van der Waals surface area contributed by atoms with Gasteiger partial charge in [-0.3, -0.25) is 0 Å². The van der Waals surface area contributed by atoms with Gasteiger partial charge in [0.25, 0.3) is 0 Å². The molecule has 1 heterocycles. The van der Waals surface area contributed by atoms with Crippen molar-refractivity contribution in [3.05, 3.63) is 75.2 Å². The van der Waals surface area contributed by atoms with E-state index < -0.39 is 5.97 Å². The number of ether oxygens (including phenoxy) is 1. The standard InChI is InChI=1S/C16H8Cl2FNO2/c17-10-3-6-12(13(18)8-10)15-20-14(16(21)22-15)7-9-1-4-11(19)5-2-9/h1-8H/b14-7-. The highest BCUT2D eigenvalue weighted by molar-refractivity contribution is 6.37. The van der Waals surface area contributed by atoms with Crippen LogP contribution in [0.25, 0.3) is 6.08 Å². The zero-order chi connectivity index (χ0) is 15.7. The minimum Gasteiger partial charge on any atom is -0.402 e. The maximum absolute atomic E-state index is 12.9. The average Bonchev–Trinajstić information content (AvgIpc) is 2.82. The van der Waals surface area contributed by atoms with Gasteiger partial charge in [-0.25, -0.2) is 14.2 Å². The lowest BCUT2D eigenvalue weighted by atomic mass is 10.2. The van der Waals surface area contributed by atoms with Crippen LogP contribution in [-0.4, -0.2) is 11.9 Å². The van der Waals surface area contributed by atoms with Crippen molar-refractivity contribution in [1.29, 1.82) is 0 Å². The monoisotopic (exact) mass is 335 g/mol. The first kappa shape index (κ1) is 14.8. The zero-order valence-corrected chi connectivity index (χ0v) is 12.5. The summed E-state index contributed by atoms with van der Waals surface area (Å²) in [6.07, 6.45) is 1.51. The van der Waals surface area contributed by atoms with Gasteiger partial charge in [-0.2, -0.15) is 0 Å². The lowest BCUT2D eigenvalue weighted by Gasteiger charge is -2.02. The van der Waals surface area contributed by atoms with Crippen LogP contribution in [0.3, 0.4) is 0 Å². The summed E-state index contributed by atoms with van der Waals surface area (Å²) in [6, 6.07) is 10.5. The fourth-order valence-corrected chi connectivity index (χ4v) is 2.39. The summed E-state index contributed by atoms with van der Waals surface area (Å²) in [6.45, 7) is 0. The van der Waals surface area contributed by atoms with Crippen LogP contribution in [0.1, 0.15) is 11.1 Å². The van der Waals surface area contributed by atoms with Crippen molar-refractivity contribution in [2.24, 2.45) is 4.99 Å². The highest BCUT2D eigenvalue weighted by Crippen LogP contribution is 2.26. The van der Waals surface area contributed by atoms with Crippen LogP contribution in [0.4, 0.5) is 4.39 Å². The largest absolute Gasteiger partial charge is 0.402 e. The summed E-state index contributed by atoms with van der Waals surface area (Å²) in [5.41, 5.74) is 1.23. The van der Waals surface area contributed by atoms with Crippen LogP contribution >= 0.6 is 23.2 Å². The molecule has 1 aliphatic heterocycles. The van der Waals surface area contributed by atoms with E-state index in [1.54, 1.807) is 24.3 Å². The third-order valence-corrected chi connectivity index (χ3v) is 3.50. The molecule has 6 heteroatoms. The molecule has 3 rings (SSSR count). The predicted molar refractivity (Wildman–Crippen MR) is 83.5 cm³/mol. The number of nitrogens with zero attached hydrogens (tertiary/aromatic N) is 1. The Kier molecular flexibility index (Phi) is 3.96. The summed E-state index contributed by atoms with van der Waals surface area (Å²) in [4.78, 5) is 16.0. The molecule has 0 N–H and O–H groups in total. The Morgan fingerprint density at radius 2 is 1.82 bits per heavy atom. The molecule has 2 aromatic rings. The van der Waals surface area contributed by atoms with Gasteiger partial charge in [-0.15, -0.1) is 0 Å². The van der Waals surface area contributed by atoms with Gasteiger partial charge >= 0.3 is 5.97 Å². The van der Waals surface area contributed by atoms with E-state index in [1.807, 2.05) is 0 Å². The van der Waals surface area contributed by atoms with Crippen LogP contribution in [0.15, 0.2) is 53.2 Å². The number of esters is 1. The second kappa shape index (κ2) is 5.91. The van der Waals surface area contributed by atoms with Gasteiger partial charge in [0, 0.05) is 5.02 Å². The molecule has 0 unspecified atom stereocenters. The Balaban J connectivity index is 1.96. The molecule has 0 amide bonds. The summed E-state index contributed by atoms with van der Waals surface area (Å²) >= 11 is 11.9. The second-order valence-electron chi connectivity index (χ2n) is 4.51. The van der Waals surface area contributed by atoms with E-state index in [9.17, 15) is 9.18 Å². The molecule has 0 saturated carbocycles. The number of carbonyl (C=O) groups is 1. The zero-order valence-electron chi connectivity index (χ0n) is 11.0. The first-order chi connectivity index (χ1) is 10.5. The Labute approximate surface area is 135 Å². The molecule has 0 atom stereocenters. The van der Waals surface area contributed by atoms with Crippen molar-refractivity contribution in [3.8, 4) is 0 Å².